The third-order valence-corrected chi connectivity index (χ3v) is 4.69. The maximum absolute atomic E-state index is 11.9. The lowest BCUT2D eigenvalue weighted by molar-refractivity contribution is -0.122. The van der Waals surface area contributed by atoms with Crippen molar-refractivity contribution in [2.75, 3.05) is 13.7 Å². The van der Waals surface area contributed by atoms with E-state index < -0.39 is 5.91 Å². The topological polar surface area (TPSA) is 88.7 Å². The molecular formula is C19H20BrN3O4S. The second kappa shape index (κ2) is 10.6. The summed E-state index contributed by atoms with van der Waals surface area (Å²) in [6, 6.07) is 12.5. The number of thiocarbonyl (C=S) groups is 1. The fourth-order valence-corrected chi connectivity index (χ4v) is 2.56. The number of hydrogen-bond acceptors (Lipinski definition) is 5. The smallest absolute Gasteiger partial charge is 0.264 e. The van der Waals surface area contributed by atoms with Gasteiger partial charge >= 0.3 is 0 Å². The summed E-state index contributed by atoms with van der Waals surface area (Å²) in [6.45, 7) is 1.72. The Kier molecular flexibility index (Phi) is 8.21. The highest BCUT2D eigenvalue weighted by atomic mass is 79.9. The van der Waals surface area contributed by atoms with Crippen molar-refractivity contribution >= 4 is 45.1 Å². The van der Waals surface area contributed by atoms with Gasteiger partial charge < -0.3 is 9.47 Å². The van der Waals surface area contributed by atoms with Gasteiger partial charge in [0.15, 0.2) is 11.7 Å². The van der Waals surface area contributed by atoms with Crippen LogP contribution in [0.15, 0.2) is 46.9 Å². The fraction of sp³-hybridized carbons (Fsp3) is 0.211. The number of hydrogen-bond donors (Lipinski definition) is 3. The van der Waals surface area contributed by atoms with Crippen molar-refractivity contribution in [2.24, 2.45) is 0 Å². The van der Waals surface area contributed by atoms with Crippen LogP contribution in [0.5, 0.6) is 11.5 Å². The van der Waals surface area contributed by atoms with Gasteiger partial charge in [-0.3, -0.25) is 25.8 Å². The Bertz CT molecular complexity index is 859. The molecule has 0 aliphatic carbocycles. The van der Waals surface area contributed by atoms with E-state index in [0.29, 0.717) is 11.5 Å². The number of rotatable bonds is 6. The van der Waals surface area contributed by atoms with Crippen LogP contribution < -0.4 is 25.6 Å². The predicted octanol–water partition coefficient (Wildman–Crippen LogP) is 2.41. The summed E-state index contributed by atoms with van der Waals surface area (Å²) in [5.41, 5.74) is 6.72. The number of carbonyl (C=O) groups excluding carboxylic acids is 2. The number of benzene rings is 2. The second-order valence-electron chi connectivity index (χ2n) is 5.77. The van der Waals surface area contributed by atoms with Crippen molar-refractivity contribution in [3.63, 3.8) is 0 Å². The highest BCUT2D eigenvalue weighted by molar-refractivity contribution is 9.10. The zero-order valence-electron chi connectivity index (χ0n) is 15.4. The van der Waals surface area contributed by atoms with Gasteiger partial charge in [-0.2, -0.15) is 0 Å². The van der Waals surface area contributed by atoms with Gasteiger partial charge in [0.05, 0.1) is 13.5 Å². The van der Waals surface area contributed by atoms with E-state index in [0.717, 1.165) is 15.6 Å². The summed E-state index contributed by atoms with van der Waals surface area (Å²) in [7, 11) is 1.58. The summed E-state index contributed by atoms with van der Waals surface area (Å²) in [6.07, 6.45) is 0.152. The first-order chi connectivity index (χ1) is 13.4. The fourth-order valence-electron chi connectivity index (χ4n) is 2.15. The zero-order chi connectivity index (χ0) is 20.5. The van der Waals surface area contributed by atoms with Crippen LogP contribution in [0.4, 0.5) is 0 Å². The molecule has 0 aromatic heterocycles. The van der Waals surface area contributed by atoms with E-state index in [2.05, 4.69) is 32.1 Å². The number of nitrogens with one attached hydrogen (secondary N) is 3. The summed E-state index contributed by atoms with van der Waals surface area (Å²) < 4.78 is 11.4. The van der Waals surface area contributed by atoms with E-state index in [4.69, 9.17) is 21.7 Å². The molecule has 2 rings (SSSR count). The molecule has 0 bridgehead atoms. The van der Waals surface area contributed by atoms with Gasteiger partial charge in [-0.15, -0.1) is 0 Å². The van der Waals surface area contributed by atoms with Crippen LogP contribution in [-0.4, -0.2) is 30.6 Å². The Labute approximate surface area is 176 Å². The number of ether oxygens (including phenoxy) is 2. The molecule has 0 spiro atoms. The Morgan fingerprint density at radius 1 is 1.04 bits per heavy atom. The second-order valence-corrected chi connectivity index (χ2v) is 7.04. The normalized spacial score (nSPS) is 9.96. The molecule has 0 aliphatic rings. The molecule has 148 valence electrons. The first-order valence-electron chi connectivity index (χ1n) is 8.28. The molecule has 0 unspecified atom stereocenters. The lowest BCUT2D eigenvalue weighted by atomic mass is 10.1. The summed E-state index contributed by atoms with van der Waals surface area (Å²) in [5.74, 6) is 0.542. The van der Waals surface area contributed by atoms with Crippen LogP contribution in [0.2, 0.25) is 0 Å². The van der Waals surface area contributed by atoms with E-state index >= 15 is 0 Å². The molecule has 7 nitrogen and oxygen atoms in total. The number of aryl methyl sites for hydroxylation is 1. The molecule has 0 saturated carbocycles. The quantitative estimate of drug-likeness (QED) is 0.448. The van der Waals surface area contributed by atoms with Crippen LogP contribution in [0.25, 0.3) is 0 Å². The highest BCUT2D eigenvalue weighted by Crippen LogP contribution is 2.21. The minimum absolute atomic E-state index is 0.0244. The van der Waals surface area contributed by atoms with Crippen molar-refractivity contribution in [1.29, 1.82) is 0 Å². The van der Waals surface area contributed by atoms with Crippen LogP contribution >= 0.6 is 28.1 Å². The van der Waals surface area contributed by atoms with Crippen molar-refractivity contribution < 1.29 is 19.1 Å². The number of methoxy groups -OCH3 is 1. The minimum Gasteiger partial charge on any atom is -0.497 e. The van der Waals surface area contributed by atoms with Crippen LogP contribution in [0.1, 0.15) is 11.1 Å². The maximum atomic E-state index is 11.9. The number of carbonyl (C=O) groups is 2. The molecule has 3 N–H and O–H groups in total. The van der Waals surface area contributed by atoms with Crippen LogP contribution in [-0.2, 0) is 16.0 Å². The average molecular weight is 466 g/mol. The van der Waals surface area contributed by atoms with Crippen LogP contribution in [0, 0.1) is 6.92 Å². The molecule has 2 aromatic carbocycles. The van der Waals surface area contributed by atoms with Crippen molar-refractivity contribution in [3.8, 4) is 11.5 Å². The standard InChI is InChI=1S/C19H20BrN3O4S/c1-12-9-15(7-8-16(12)20)27-11-18(25)21-19(28)23-22-17(24)10-13-3-5-14(26-2)6-4-13/h3-9H,10-11H2,1-2H3,(H,22,24)(H2,21,23,25,28). The lowest BCUT2D eigenvalue weighted by Gasteiger charge is -2.12. The van der Waals surface area contributed by atoms with E-state index in [1.54, 1.807) is 37.4 Å². The third kappa shape index (κ3) is 7.16. The van der Waals surface area contributed by atoms with Gasteiger partial charge in [-0.05, 0) is 60.6 Å². The SMILES string of the molecule is COc1ccc(CC(=O)NNC(=S)NC(=O)COc2ccc(Br)c(C)c2)cc1. The minimum atomic E-state index is -0.442. The highest BCUT2D eigenvalue weighted by Gasteiger charge is 2.08. The first-order valence-corrected chi connectivity index (χ1v) is 9.48. The van der Waals surface area contributed by atoms with Gasteiger partial charge in [-0.1, -0.05) is 28.1 Å². The number of amides is 2. The monoisotopic (exact) mass is 465 g/mol. The summed E-state index contributed by atoms with van der Waals surface area (Å²) in [5, 5.41) is 2.40. The predicted molar refractivity (Wildman–Crippen MR) is 113 cm³/mol. The van der Waals surface area contributed by atoms with Gasteiger partial charge in [-0.25, -0.2) is 0 Å². The molecule has 2 aromatic rings. The van der Waals surface area contributed by atoms with E-state index in [1.807, 2.05) is 19.1 Å². The van der Waals surface area contributed by atoms with Crippen LogP contribution in [0.3, 0.4) is 0 Å². The molecule has 0 aliphatic heterocycles. The average Bonchev–Trinajstić information content (AvgIpc) is 2.68. The first kappa shape index (κ1) is 21.6. The van der Waals surface area contributed by atoms with E-state index in [-0.39, 0.29) is 24.0 Å². The Balaban J connectivity index is 1.69. The van der Waals surface area contributed by atoms with Crippen molar-refractivity contribution in [1.82, 2.24) is 16.2 Å². The van der Waals surface area contributed by atoms with Crippen molar-refractivity contribution in [2.45, 2.75) is 13.3 Å². The molecule has 28 heavy (non-hydrogen) atoms. The van der Waals surface area contributed by atoms with E-state index in [9.17, 15) is 9.59 Å². The molecule has 0 heterocycles. The van der Waals surface area contributed by atoms with E-state index in [1.165, 1.54) is 0 Å². The molecule has 0 atom stereocenters. The largest absolute Gasteiger partial charge is 0.497 e. The molecule has 9 heteroatoms. The third-order valence-electron chi connectivity index (χ3n) is 3.59. The lowest BCUT2D eigenvalue weighted by Crippen LogP contribution is -2.49. The number of halogens is 1. The number of hydrazine groups is 1. The van der Waals surface area contributed by atoms with Crippen molar-refractivity contribution in [3.05, 3.63) is 58.1 Å². The molecular weight excluding hydrogens is 446 g/mol. The van der Waals surface area contributed by atoms with Gasteiger partial charge in [0.25, 0.3) is 5.91 Å². The van der Waals surface area contributed by atoms with Gasteiger partial charge in [0, 0.05) is 4.47 Å². The molecule has 0 fully saturated rings. The maximum Gasteiger partial charge on any atom is 0.264 e. The van der Waals surface area contributed by atoms with Gasteiger partial charge in [0.2, 0.25) is 5.91 Å². The molecule has 2 amide bonds. The van der Waals surface area contributed by atoms with Gasteiger partial charge in [0.1, 0.15) is 11.5 Å². The Morgan fingerprint density at radius 3 is 2.36 bits per heavy atom. The Morgan fingerprint density at radius 2 is 1.71 bits per heavy atom. The Hall–Kier alpha value is -2.65. The molecule has 0 saturated heterocycles. The molecule has 0 radical (unpaired) electrons. The summed E-state index contributed by atoms with van der Waals surface area (Å²) in [4.78, 5) is 23.8. The zero-order valence-corrected chi connectivity index (χ0v) is 17.8. The summed E-state index contributed by atoms with van der Waals surface area (Å²) >= 11 is 8.38.